The fourth-order valence-electron chi connectivity index (χ4n) is 1.71. The topological polar surface area (TPSA) is 98.7 Å². The molecule has 19 heavy (non-hydrogen) atoms. The Morgan fingerprint density at radius 1 is 1.26 bits per heavy atom. The maximum Gasteiger partial charge on any atom is 0.326 e. The lowest BCUT2D eigenvalue weighted by molar-refractivity contribution is -0.139. The molecule has 0 aromatic heterocycles. The predicted molar refractivity (Wildman–Crippen MR) is 71.2 cm³/mol. The van der Waals surface area contributed by atoms with Gasteiger partial charge in [0.2, 0.25) is 0 Å². The van der Waals surface area contributed by atoms with Crippen LogP contribution in [0.1, 0.15) is 17.5 Å². The van der Waals surface area contributed by atoms with Crippen molar-refractivity contribution < 1.29 is 19.8 Å². The summed E-state index contributed by atoms with van der Waals surface area (Å²) in [6.45, 7) is 3.40. The van der Waals surface area contributed by atoms with Gasteiger partial charge in [0.25, 0.3) is 0 Å². The molecule has 0 saturated carbocycles. The molecule has 0 aliphatic carbocycles. The van der Waals surface area contributed by atoms with Gasteiger partial charge >= 0.3 is 12.0 Å². The zero-order valence-electron chi connectivity index (χ0n) is 10.9. The molecule has 1 aromatic carbocycles. The molecule has 2 amide bonds. The summed E-state index contributed by atoms with van der Waals surface area (Å²) in [6, 6.07) is 3.88. The maximum atomic E-state index is 11.7. The SMILES string of the molecule is Cc1cccc(C)c1NC(=O)N[C@@H](CCO)C(=O)O. The Morgan fingerprint density at radius 2 is 1.84 bits per heavy atom. The van der Waals surface area contributed by atoms with Gasteiger partial charge in [-0.2, -0.15) is 0 Å². The summed E-state index contributed by atoms with van der Waals surface area (Å²) in [4.78, 5) is 22.6. The molecule has 6 nitrogen and oxygen atoms in total. The van der Waals surface area contributed by atoms with Gasteiger partial charge in [0.05, 0.1) is 0 Å². The molecule has 0 spiro atoms. The number of rotatable bonds is 5. The number of carbonyl (C=O) groups is 2. The minimum atomic E-state index is -1.18. The van der Waals surface area contributed by atoms with Crippen LogP contribution in [0.5, 0.6) is 0 Å². The normalized spacial score (nSPS) is 11.7. The van der Waals surface area contributed by atoms with Gasteiger partial charge in [-0.3, -0.25) is 0 Å². The van der Waals surface area contributed by atoms with Crippen LogP contribution in [-0.2, 0) is 4.79 Å². The Morgan fingerprint density at radius 3 is 2.32 bits per heavy atom. The number of aliphatic hydroxyl groups excluding tert-OH is 1. The molecule has 0 heterocycles. The molecule has 1 atom stereocenters. The van der Waals surface area contributed by atoms with E-state index < -0.39 is 18.0 Å². The number of nitrogens with one attached hydrogen (secondary N) is 2. The number of carboxylic acid groups (broad SMARTS) is 1. The number of carboxylic acids is 1. The highest BCUT2D eigenvalue weighted by molar-refractivity contribution is 5.93. The predicted octanol–water partition coefficient (Wildman–Crippen LogP) is 1.26. The average molecular weight is 266 g/mol. The molecule has 0 aliphatic rings. The molecule has 0 saturated heterocycles. The number of aryl methyl sites for hydroxylation is 2. The minimum absolute atomic E-state index is 0.0322. The van der Waals surface area contributed by atoms with E-state index in [0.717, 1.165) is 11.1 Å². The van der Waals surface area contributed by atoms with Gasteiger partial charge in [-0.05, 0) is 25.0 Å². The lowest BCUT2D eigenvalue weighted by atomic mass is 10.1. The van der Waals surface area contributed by atoms with Crippen molar-refractivity contribution in [2.24, 2.45) is 0 Å². The number of aliphatic hydroxyl groups is 1. The van der Waals surface area contributed by atoms with Crippen molar-refractivity contribution in [2.45, 2.75) is 26.3 Å². The molecular weight excluding hydrogens is 248 g/mol. The first kappa shape index (κ1) is 15.0. The van der Waals surface area contributed by atoms with E-state index in [1.807, 2.05) is 32.0 Å². The second-order valence-corrected chi connectivity index (χ2v) is 4.27. The second-order valence-electron chi connectivity index (χ2n) is 4.27. The van der Waals surface area contributed by atoms with Gasteiger partial charge in [-0.15, -0.1) is 0 Å². The number of hydrogen-bond donors (Lipinski definition) is 4. The summed E-state index contributed by atoms with van der Waals surface area (Å²) in [5.74, 6) is -1.18. The highest BCUT2D eigenvalue weighted by Gasteiger charge is 2.19. The molecule has 4 N–H and O–H groups in total. The molecular formula is C13H18N2O4. The molecule has 0 fully saturated rings. The first-order valence-corrected chi connectivity index (χ1v) is 5.93. The van der Waals surface area contributed by atoms with Crippen molar-refractivity contribution in [1.29, 1.82) is 0 Å². The van der Waals surface area contributed by atoms with E-state index in [1.165, 1.54) is 0 Å². The van der Waals surface area contributed by atoms with Crippen LogP contribution in [0, 0.1) is 13.8 Å². The first-order chi connectivity index (χ1) is 8.95. The van der Waals surface area contributed by atoms with E-state index in [0.29, 0.717) is 5.69 Å². The quantitative estimate of drug-likeness (QED) is 0.644. The Bertz CT molecular complexity index is 453. The standard InChI is InChI=1S/C13H18N2O4/c1-8-4-3-5-9(2)11(8)15-13(19)14-10(6-7-16)12(17)18/h3-5,10,16H,6-7H2,1-2H3,(H,17,18)(H2,14,15,19)/t10-/m0/s1. The summed E-state index contributed by atoms with van der Waals surface area (Å²) in [6.07, 6.45) is -0.0322. The van der Waals surface area contributed by atoms with E-state index in [1.54, 1.807) is 0 Å². The molecule has 0 radical (unpaired) electrons. The van der Waals surface area contributed by atoms with Crippen LogP contribution < -0.4 is 10.6 Å². The number of benzene rings is 1. The van der Waals surface area contributed by atoms with E-state index >= 15 is 0 Å². The third kappa shape index (κ3) is 4.26. The van der Waals surface area contributed by atoms with Crippen molar-refractivity contribution in [3.05, 3.63) is 29.3 Å². The van der Waals surface area contributed by atoms with Crippen molar-refractivity contribution in [1.82, 2.24) is 5.32 Å². The summed E-state index contributed by atoms with van der Waals surface area (Å²) >= 11 is 0. The van der Waals surface area contributed by atoms with E-state index in [2.05, 4.69) is 10.6 Å². The summed E-state index contributed by atoms with van der Waals surface area (Å²) in [5, 5.41) is 22.6. The van der Waals surface area contributed by atoms with Gasteiger partial charge in [0, 0.05) is 18.7 Å². The fourth-order valence-corrected chi connectivity index (χ4v) is 1.71. The van der Waals surface area contributed by atoms with Gasteiger partial charge < -0.3 is 20.8 Å². The fraction of sp³-hybridized carbons (Fsp3) is 0.385. The third-order valence-electron chi connectivity index (χ3n) is 2.74. The van der Waals surface area contributed by atoms with Crippen LogP contribution in [0.15, 0.2) is 18.2 Å². The van der Waals surface area contributed by atoms with Crippen LogP contribution in [0.25, 0.3) is 0 Å². The number of anilines is 1. The third-order valence-corrected chi connectivity index (χ3v) is 2.74. The molecule has 104 valence electrons. The Labute approximate surface area is 111 Å². The van der Waals surface area contributed by atoms with Crippen molar-refractivity contribution in [3.8, 4) is 0 Å². The number of hydrogen-bond acceptors (Lipinski definition) is 3. The van der Waals surface area contributed by atoms with E-state index in [4.69, 9.17) is 10.2 Å². The highest BCUT2D eigenvalue weighted by atomic mass is 16.4. The summed E-state index contributed by atoms with van der Waals surface area (Å²) in [7, 11) is 0. The van der Waals surface area contributed by atoms with Crippen LogP contribution in [0.4, 0.5) is 10.5 Å². The van der Waals surface area contributed by atoms with Crippen molar-refractivity contribution in [2.75, 3.05) is 11.9 Å². The number of amides is 2. The van der Waals surface area contributed by atoms with Crippen molar-refractivity contribution >= 4 is 17.7 Å². The number of urea groups is 1. The Balaban J connectivity index is 2.72. The lowest BCUT2D eigenvalue weighted by Crippen LogP contribution is -2.43. The second kappa shape index (κ2) is 6.75. The summed E-state index contributed by atoms with van der Waals surface area (Å²) in [5.41, 5.74) is 2.45. The van der Waals surface area contributed by atoms with Crippen LogP contribution >= 0.6 is 0 Å². The lowest BCUT2D eigenvalue weighted by Gasteiger charge is -2.16. The molecule has 1 aromatic rings. The zero-order chi connectivity index (χ0) is 14.4. The highest BCUT2D eigenvalue weighted by Crippen LogP contribution is 2.19. The smallest absolute Gasteiger partial charge is 0.326 e. The Kier molecular flexibility index (Phi) is 5.32. The van der Waals surface area contributed by atoms with Crippen LogP contribution in [0.3, 0.4) is 0 Å². The van der Waals surface area contributed by atoms with E-state index in [9.17, 15) is 9.59 Å². The summed E-state index contributed by atoms with van der Waals surface area (Å²) < 4.78 is 0. The molecule has 0 unspecified atom stereocenters. The Hall–Kier alpha value is -2.08. The number of para-hydroxylation sites is 1. The average Bonchev–Trinajstić information content (AvgIpc) is 2.33. The number of carbonyl (C=O) groups excluding carboxylic acids is 1. The number of aliphatic carboxylic acids is 1. The molecule has 1 rings (SSSR count). The van der Waals surface area contributed by atoms with E-state index in [-0.39, 0.29) is 13.0 Å². The van der Waals surface area contributed by atoms with Gasteiger partial charge in [-0.1, -0.05) is 18.2 Å². The van der Waals surface area contributed by atoms with Gasteiger partial charge in [0.1, 0.15) is 6.04 Å². The molecule has 6 heteroatoms. The molecule has 0 bridgehead atoms. The van der Waals surface area contributed by atoms with Crippen LogP contribution in [-0.4, -0.2) is 34.9 Å². The zero-order valence-corrected chi connectivity index (χ0v) is 10.9. The monoisotopic (exact) mass is 266 g/mol. The van der Waals surface area contributed by atoms with Crippen LogP contribution in [0.2, 0.25) is 0 Å². The molecule has 0 aliphatic heterocycles. The van der Waals surface area contributed by atoms with Gasteiger partial charge in [-0.25, -0.2) is 9.59 Å². The first-order valence-electron chi connectivity index (χ1n) is 5.93. The largest absolute Gasteiger partial charge is 0.480 e. The van der Waals surface area contributed by atoms with Crippen molar-refractivity contribution in [3.63, 3.8) is 0 Å². The minimum Gasteiger partial charge on any atom is -0.480 e. The maximum absolute atomic E-state index is 11.7. The van der Waals surface area contributed by atoms with Gasteiger partial charge in [0.15, 0.2) is 0 Å².